The van der Waals surface area contributed by atoms with Gasteiger partial charge in [0.05, 0.1) is 0 Å². The number of benzene rings is 1. The molecule has 2 aliphatic rings. The third-order valence-electron chi connectivity index (χ3n) is 6.35. The summed E-state index contributed by atoms with van der Waals surface area (Å²) >= 11 is 0. The largest absolute Gasteiger partial charge is 0.396 e. The van der Waals surface area contributed by atoms with E-state index in [1.807, 2.05) is 0 Å². The lowest BCUT2D eigenvalue weighted by atomic mass is 9.98. The van der Waals surface area contributed by atoms with Gasteiger partial charge in [-0.3, -0.25) is 9.80 Å². The van der Waals surface area contributed by atoms with Gasteiger partial charge in [0.1, 0.15) is 0 Å². The van der Waals surface area contributed by atoms with Gasteiger partial charge in [0.2, 0.25) is 0 Å². The van der Waals surface area contributed by atoms with Crippen molar-refractivity contribution >= 4 is 0 Å². The van der Waals surface area contributed by atoms with Crippen molar-refractivity contribution in [3.8, 4) is 0 Å². The summed E-state index contributed by atoms with van der Waals surface area (Å²) in [7, 11) is 0. The average Bonchev–Trinajstić information content (AvgIpc) is 2.65. The summed E-state index contributed by atoms with van der Waals surface area (Å²) in [5, 5.41) is 9.58. The van der Waals surface area contributed by atoms with Crippen molar-refractivity contribution in [2.75, 3.05) is 39.3 Å². The first-order valence-corrected chi connectivity index (χ1v) is 10.5. The van der Waals surface area contributed by atoms with Crippen molar-refractivity contribution in [1.82, 2.24) is 14.7 Å². The molecule has 2 fully saturated rings. The standard InChI is InChI=1S/C22H37N3O/c1-18(2)23-11-8-21(9-12-23)25-14-13-24(22(17-25)10-15-26)16-20-6-4-19(3)5-7-20/h4-7,18,21-22,26H,8-17H2,1-3H3. The van der Waals surface area contributed by atoms with Crippen LogP contribution in [0.1, 0.15) is 44.2 Å². The number of piperazine rings is 1. The number of hydrogen-bond acceptors (Lipinski definition) is 4. The summed E-state index contributed by atoms with van der Waals surface area (Å²) in [6.45, 7) is 13.9. The Morgan fingerprint density at radius 3 is 2.35 bits per heavy atom. The number of rotatable bonds is 6. The second kappa shape index (κ2) is 9.32. The number of aliphatic hydroxyl groups is 1. The number of aryl methyl sites for hydroxylation is 1. The van der Waals surface area contributed by atoms with Gasteiger partial charge < -0.3 is 10.0 Å². The Morgan fingerprint density at radius 1 is 1.04 bits per heavy atom. The first kappa shape index (κ1) is 19.8. The summed E-state index contributed by atoms with van der Waals surface area (Å²) in [4.78, 5) is 7.90. The van der Waals surface area contributed by atoms with Gasteiger partial charge in [0.15, 0.2) is 0 Å². The van der Waals surface area contributed by atoms with Gasteiger partial charge in [0.25, 0.3) is 0 Å². The highest BCUT2D eigenvalue weighted by Crippen LogP contribution is 2.23. The minimum absolute atomic E-state index is 0.286. The molecule has 146 valence electrons. The molecule has 0 amide bonds. The predicted molar refractivity (Wildman–Crippen MR) is 108 cm³/mol. The van der Waals surface area contributed by atoms with E-state index >= 15 is 0 Å². The van der Waals surface area contributed by atoms with Crippen LogP contribution in [0.15, 0.2) is 24.3 Å². The highest BCUT2D eigenvalue weighted by atomic mass is 16.3. The molecular formula is C22H37N3O. The molecule has 2 heterocycles. The molecule has 1 atom stereocenters. The monoisotopic (exact) mass is 359 g/mol. The van der Waals surface area contributed by atoms with Crippen LogP contribution in [0, 0.1) is 6.92 Å². The van der Waals surface area contributed by atoms with Crippen LogP contribution >= 0.6 is 0 Å². The molecule has 1 aromatic carbocycles. The van der Waals surface area contributed by atoms with Crippen LogP contribution in [0.3, 0.4) is 0 Å². The zero-order valence-electron chi connectivity index (χ0n) is 16.9. The Balaban J connectivity index is 1.56. The number of hydrogen-bond donors (Lipinski definition) is 1. The maximum absolute atomic E-state index is 9.58. The van der Waals surface area contributed by atoms with Gasteiger partial charge in [-0.15, -0.1) is 0 Å². The van der Waals surface area contributed by atoms with Gasteiger partial charge >= 0.3 is 0 Å². The summed E-state index contributed by atoms with van der Waals surface area (Å²) < 4.78 is 0. The van der Waals surface area contributed by atoms with Gasteiger partial charge in [0, 0.05) is 50.9 Å². The third-order valence-corrected chi connectivity index (χ3v) is 6.35. The molecule has 3 rings (SSSR count). The van der Waals surface area contributed by atoms with Gasteiger partial charge in [-0.2, -0.15) is 0 Å². The lowest BCUT2D eigenvalue weighted by molar-refractivity contribution is 0.00989. The maximum Gasteiger partial charge on any atom is 0.0446 e. The molecule has 0 saturated carbocycles. The molecule has 2 saturated heterocycles. The molecule has 0 bridgehead atoms. The van der Waals surface area contributed by atoms with Crippen LogP contribution in [0.2, 0.25) is 0 Å². The van der Waals surface area contributed by atoms with Gasteiger partial charge in [-0.25, -0.2) is 0 Å². The first-order chi connectivity index (χ1) is 12.6. The first-order valence-electron chi connectivity index (χ1n) is 10.5. The fourth-order valence-corrected chi connectivity index (χ4v) is 4.57. The van der Waals surface area contributed by atoms with Crippen LogP contribution in [0.5, 0.6) is 0 Å². The smallest absolute Gasteiger partial charge is 0.0446 e. The number of likely N-dealkylation sites (tertiary alicyclic amines) is 1. The molecule has 1 aromatic rings. The molecule has 26 heavy (non-hydrogen) atoms. The van der Waals surface area contributed by atoms with Crippen LogP contribution in [0.4, 0.5) is 0 Å². The fourth-order valence-electron chi connectivity index (χ4n) is 4.57. The van der Waals surface area contributed by atoms with Crippen molar-refractivity contribution in [3.63, 3.8) is 0 Å². The minimum atomic E-state index is 0.286. The summed E-state index contributed by atoms with van der Waals surface area (Å²) in [5.41, 5.74) is 2.70. The van der Waals surface area contributed by atoms with E-state index in [9.17, 15) is 5.11 Å². The number of piperidine rings is 1. The SMILES string of the molecule is Cc1ccc(CN2CCN(C3CCN(C(C)C)CC3)CC2CCO)cc1. The molecule has 0 spiro atoms. The Labute approximate surface area is 159 Å². The van der Waals surface area contributed by atoms with E-state index in [4.69, 9.17) is 0 Å². The van der Waals surface area contributed by atoms with E-state index in [0.717, 1.165) is 32.1 Å². The summed E-state index contributed by atoms with van der Waals surface area (Å²) in [6, 6.07) is 10.8. The Hall–Kier alpha value is -0.940. The zero-order valence-corrected chi connectivity index (χ0v) is 16.9. The van der Waals surface area contributed by atoms with E-state index in [1.165, 1.54) is 43.6 Å². The fraction of sp³-hybridized carbons (Fsp3) is 0.727. The second-order valence-electron chi connectivity index (χ2n) is 8.48. The highest BCUT2D eigenvalue weighted by Gasteiger charge is 2.32. The molecular weight excluding hydrogens is 322 g/mol. The molecule has 4 heteroatoms. The van der Waals surface area contributed by atoms with E-state index in [-0.39, 0.29) is 6.61 Å². The number of nitrogens with zero attached hydrogens (tertiary/aromatic N) is 3. The van der Waals surface area contributed by atoms with E-state index < -0.39 is 0 Å². The lowest BCUT2D eigenvalue weighted by Crippen LogP contribution is -2.57. The Morgan fingerprint density at radius 2 is 1.73 bits per heavy atom. The van der Waals surface area contributed by atoms with Crippen LogP contribution in [-0.2, 0) is 6.54 Å². The third kappa shape index (κ3) is 5.07. The van der Waals surface area contributed by atoms with E-state index in [0.29, 0.717) is 12.1 Å². The normalized spacial score (nSPS) is 24.4. The average molecular weight is 360 g/mol. The van der Waals surface area contributed by atoms with Crippen LogP contribution in [0.25, 0.3) is 0 Å². The molecule has 0 aliphatic carbocycles. The predicted octanol–water partition coefficient (Wildman–Crippen LogP) is 2.74. The maximum atomic E-state index is 9.58. The molecule has 0 radical (unpaired) electrons. The lowest BCUT2D eigenvalue weighted by Gasteiger charge is -2.47. The molecule has 1 unspecified atom stereocenters. The van der Waals surface area contributed by atoms with Crippen molar-refractivity contribution in [3.05, 3.63) is 35.4 Å². The summed E-state index contributed by atoms with van der Waals surface area (Å²) in [5.74, 6) is 0. The van der Waals surface area contributed by atoms with Gasteiger partial charge in [-0.05, 0) is 58.7 Å². The van der Waals surface area contributed by atoms with Crippen molar-refractivity contribution in [2.45, 2.75) is 64.7 Å². The molecule has 1 N–H and O–H groups in total. The molecule has 0 aromatic heterocycles. The van der Waals surface area contributed by atoms with Crippen molar-refractivity contribution in [1.29, 1.82) is 0 Å². The van der Waals surface area contributed by atoms with Gasteiger partial charge in [-0.1, -0.05) is 29.8 Å². The van der Waals surface area contributed by atoms with E-state index in [1.54, 1.807) is 0 Å². The second-order valence-corrected chi connectivity index (χ2v) is 8.48. The van der Waals surface area contributed by atoms with Crippen LogP contribution in [-0.4, -0.2) is 77.3 Å². The Bertz CT molecular complexity index is 537. The minimum Gasteiger partial charge on any atom is -0.396 e. The summed E-state index contributed by atoms with van der Waals surface area (Å²) in [6.07, 6.45) is 3.47. The highest BCUT2D eigenvalue weighted by molar-refractivity contribution is 5.21. The zero-order chi connectivity index (χ0) is 18.5. The van der Waals surface area contributed by atoms with E-state index in [2.05, 4.69) is 59.7 Å². The van der Waals surface area contributed by atoms with Crippen molar-refractivity contribution < 1.29 is 5.11 Å². The van der Waals surface area contributed by atoms with Crippen molar-refractivity contribution in [2.24, 2.45) is 0 Å². The van der Waals surface area contributed by atoms with Crippen LogP contribution < -0.4 is 0 Å². The number of aliphatic hydroxyl groups excluding tert-OH is 1. The topological polar surface area (TPSA) is 30.0 Å². The molecule has 2 aliphatic heterocycles. The molecule has 4 nitrogen and oxygen atoms in total. The quantitative estimate of drug-likeness (QED) is 0.846. The Kier molecular flexibility index (Phi) is 7.10.